The number of aryl methyl sites for hydroxylation is 1. The number of fused-ring (bicyclic) bond motifs is 1. The number of hydrogen-bond acceptors (Lipinski definition) is 8. The number of hydrogen-bond donors (Lipinski definition) is 2. The molecular weight excluding hydrogens is 484 g/mol. The van der Waals surface area contributed by atoms with Gasteiger partial charge < -0.3 is 15.5 Å². The molecule has 188 valence electrons. The minimum atomic E-state index is -3.57. The molecule has 1 fully saturated rings. The van der Waals surface area contributed by atoms with Gasteiger partial charge in [0.05, 0.1) is 29.7 Å². The van der Waals surface area contributed by atoms with E-state index < -0.39 is 33.9 Å². The summed E-state index contributed by atoms with van der Waals surface area (Å²) in [7, 11) is -3.57. The summed E-state index contributed by atoms with van der Waals surface area (Å²) in [5.41, 5.74) is 8.45. The molecule has 0 unspecified atom stereocenters. The Hall–Kier alpha value is -4.02. The average Bonchev–Trinajstić information content (AvgIpc) is 3.16. The third-order valence-electron chi connectivity index (χ3n) is 6.26. The summed E-state index contributed by atoms with van der Waals surface area (Å²) in [5.74, 6) is -0.566. The number of nitrogens with zero attached hydrogens (tertiary/aromatic N) is 6. The van der Waals surface area contributed by atoms with Gasteiger partial charge in [0.25, 0.3) is 5.91 Å². The van der Waals surface area contributed by atoms with Crippen molar-refractivity contribution in [3.63, 3.8) is 0 Å². The molecule has 0 spiro atoms. The van der Waals surface area contributed by atoms with E-state index in [1.807, 2.05) is 13.0 Å². The van der Waals surface area contributed by atoms with E-state index in [0.717, 1.165) is 17.5 Å². The zero-order valence-corrected chi connectivity index (χ0v) is 21.1. The van der Waals surface area contributed by atoms with E-state index >= 15 is 0 Å². The summed E-state index contributed by atoms with van der Waals surface area (Å²) in [6.07, 6.45) is 2.32. The lowest BCUT2D eigenvalue weighted by Gasteiger charge is -2.46. The van der Waals surface area contributed by atoms with Crippen LogP contribution in [0.3, 0.4) is 0 Å². The molecule has 4 rings (SSSR count). The fourth-order valence-electron chi connectivity index (χ4n) is 4.45. The van der Waals surface area contributed by atoms with Crippen LogP contribution in [0.15, 0.2) is 30.6 Å². The molecule has 1 aliphatic heterocycles. The van der Waals surface area contributed by atoms with Crippen LogP contribution in [-0.2, 0) is 19.6 Å². The fourth-order valence-corrected chi connectivity index (χ4v) is 4.83. The van der Waals surface area contributed by atoms with Crippen molar-refractivity contribution >= 4 is 38.9 Å². The minimum absolute atomic E-state index is 0.133. The Labute approximate surface area is 208 Å². The number of carbonyl (C=O) groups excluding carboxylic acids is 2. The third-order valence-corrected chi connectivity index (χ3v) is 6.92. The average molecular weight is 511 g/mol. The van der Waals surface area contributed by atoms with Gasteiger partial charge in [0, 0.05) is 18.7 Å². The number of sulfonamides is 1. The number of nitrogens with two attached hydrogens (primary N) is 1. The maximum atomic E-state index is 13.6. The lowest BCUT2D eigenvalue weighted by Crippen LogP contribution is -2.66. The smallest absolute Gasteiger partial charge is 0.252 e. The van der Waals surface area contributed by atoms with E-state index in [0.29, 0.717) is 28.1 Å². The highest BCUT2D eigenvalue weighted by Crippen LogP contribution is 2.34. The molecular formula is C23H26N8O4S. The number of nitriles is 1. The van der Waals surface area contributed by atoms with Crippen LogP contribution in [0.2, 0.25) is 0 Å². The maximum absolute atomic E-state index is 13.6. The van der Waals surface area contributed by atoms with E-state index in [1.54, 1.807) is 36.6 Å². The van der Waals surface area contributed by atoms with Crippen molar-refractivity contribution in [1.82, 2.24) is 24.2 Å². The standard InChI is InChI=1S/C23H26N8O4S/c1-14-9-18(31-20(14)21(25)26-13-27-31)15-5-6-16(11-24)17(10-15)29-7-8-30(23(2,3)22(29)33)19(32)12-28-36(4,34)35/h5-6,9-10,13,28H,7-8,12H2,1-4H3,(H2,25,26,27). The van der Waals surface area contributed by atoms with Crippen molar-refractivity contribution in [2.45, 2.75) is 26.3 Å². The van der Waals surface area contributed by atoms with Crippen LogP contribution in [0, 0.1) is 18.3 Å². The number of aromatic nitrogens is 3. The highest BCUT2D eigenvalue weighted by atomic mass is 32.2. The van der Waals surface area contributed by atoms with E-state index in [9.17, 15) is 23.3 Å². The first-order valence-corrected chi connectivity index (χ1v) is 12.9. The Balaban J connectivity index is 1.71. The third kappa shape index (κ3) is 4.36. The Morgan fingerprint density at radius 3 is 2.67 bits per heavy atom. The number of benzene rings is 1. The first kappa shape index (κ1) is 25.1. The van der Waals surface area contributed by atoms with Gasteiger partial charge in [-0.05, 0) is 44.5 Å². The monoisotopic (exact) mass is 510 g/mol. The first-order valence-electron chi connectivity index (χ1n) is 11.1. The number of piperazine rings is 1. The van der Waals surface area contributed by atoms with Crippen molar-refractivity contribution < 1.29 is 18.0 Å². The van der Waals surface area contributed by atoms with Crippen LogP contribution in [-0.4, -0.2) is 71.2 Å². The van der Waals surface area contributed by atoms with Crippen molar-refractivity contribution in [2.75, 3.05) is 36.5 Å². The number of amides is 2. The molecule has 3 aromatic rings. The number of nitrogens with one attached hydrogen (secondary N) is 1. The molecule has 12 nitrogen and oxygen atoms in total. The second-order valence-electron chi connectivity index (χ2n) is 9.12. The van der Waals surface area contributed by atoms with Gasteiger partial charge in [0.15, 0.2) is 5.82 Å². The molecule has 0 aliphatic carbocycles. The molecule has 0 bridgehead atoms. The van der Waals surface area contributed by atoms with Gasteiger partial charge in [-0.3, -0.25) is 9.59 Å². The van der Waals surface area contributed by atoms with Crippen LogP contribution >= 0.6 is 0 Å². The van der Waals surface area contributed by atoms with Crippen LogP contribution in [0.4, 0.5) is 11.5 Å². The number of rotatable bonds is 5. The maximum Gasteiger partial charge on any atom is 0.252 e. The zero-order valence-electron chi connectivity index (χ0n) is 20.3. The quantitative estimate of drug-likeness (QED) is 0.505. The molecule has 2 aromatic heterocycles. The first-order chi connectivity index (χ1) is 16.8. The van der Waals surface area contributed by atoms with Crippen molar-refractivity contribution in [3.8, 4) is 17.3 Å². The second kappa shape index (κ2) is 8.89. The normalized spacial score (nSPS) is 15.8. The van der Waals surface area contributed by atoms with Crippen LogP contribution in [0.5, 0.6) is 0 Å². The molecule has 1 saturated heterocycles. The lowest BCUT2D eigenvalue weighted by molar-refractivity contribution is -0.146. The Morgan fingerprint density at radius 1 is 1.28 bits per heavy atom. The van der Waals surface area contributed by atoms with Gasteiger partial charge in [-0.2, -0.15) is 10.4 Å². The largest absolute Gasteiger partial charge is 0.382 e. The Morgan fingerprint density at radius 2 is 2.00 bits per heavy atom. The highest BCUT2D eigenvalue weighted by Gasteiger charge is 2.45. The van der Waals surface area contributed by atoms with E-state index in [2.05, 4.69) is 20.9 Å². The molecule has 2 amide bonds. The van der Waals surface area contributed by atoms with E-state index in [1.165, 1.54) is 16.1 Å². The van der Waals surface area contributed by atoms with Crippen molar-refractivity contribution in [3.05, 3.63) is 41.7 Å². The molecule has 36 heavy (non-hydrogen) atoms. The van der Waals surface area contributed by atoms with Gasteiger partial charge in [0.1, 0.15) is 23.5 Å². The number of nitrogen functional groups attached to an aromatic ring is 1. The Bertz CT molecular complexity index is 1540. The van der Waals surface area contributed by atoms with Crippen molar-refractivity contribution in [2.24, 2.45) is 0 Å². The predicted molar refractivity (Wildman–Crippen MR) is 133 cm³/mol. The highest BCUT2D eigenvalue weighted by molar-refractivity contribution is 7.88. The molecule has 3 heterocycles. The van der Waals surface area contributed by atoms with Gasteiger partial charge in [-0.25, -0.2) is 22.6 Å². The van der Waals surface area contributed by atoms with Crippen molar-refractivity contribution in [1.29, 1.82) is 5.26 Å². The summed E-state index contributed by atoms with van der Waals surface area (Å²) >= 11 is 0. The minimum Gasteiger partial charge on any atom is -0.382 e. The van der Waals surface area contributed by atoms with Gasteiger partial charge in [-0.15, -0.1) is 0 Å². The number of anilines is 2. The summed E-state index contributed by atoms with van der Waals surface area (Å²) < 4.78 is 26.6. The molecule has 0 radical (unpaired) electrons. The van der Waals surface area contributed by atoms with Gasteiger partial charge in [0.2, 0.25) is 15.9 Å². The Kier molecular flexibility index (Phi) is 6.19. The number of carbonyl (C=O) groups is 2. The molecule has 0 atom stereocenters. The summed E-state index contributed by atoms with van der Waals surface area (Å²) in [6.45, 7) is 4.94. The lowest BCUT2D eigenvalue weighted by atomic mass is 9.95. The molecule has 0 saturated carbocycles. The topological polar surface area (TPSA) is 167 Å². The molecule has 1 aromatic carbocycles. The van der Waals surface area contributed by atoms with Crippen LogP contribution < -0.4 is 15.4 Å². The van der Waals surface area contributed by atoms with Crippen LogP contribution in [0.25, 0.3) is 16.8 Å². The van der Waals surface area contributed by atoms with E-state index in [4.69, 9.17) is 5.73 Å². The molecule has 13 heteroatoms. The molecule has 1 aliphatic rings. The predicted octanol–water partition coefficient (Wildman–Crippen LogP) is 0.662. The van der Waals surface area contributed by atoms with E-state index in [-0.39, 0.29) is 13.1 Å². The van der Waals surface area contributed by atoms with Gasteiger partial charge in [-0.1, -0.05) is 6.07 Å². The summed E-state index contributed by atoms with van der Waals surface area (Å²) in [5, 5.41) is 14.1. The molecule has 3 N–H and O–H groups in total. The summed E-state index contributed by atoms with van der Waals surface area (Å²) in [6, 6.07) is 9.20. The summed E-state index contributed by atoms with van der Waals surface area (Å²) in [4.78, 5) is 33.2. The second-order valence-corrected chi connectivity index (χ2v) is 10.9. The zero-order chi connectivity index (χ0) is 26.4. The fraction of sp³-hybridized carbons (Fsp3) is 0.348. The van der Waals surface area contributed by atoms with Gasteiger partial charge >= 0.3 is 0 Å². The SMILES string of the molecule is Cc1cc(-c2ccc(C#N)c(N3CCN(C(=O)CNS(C)(=O)=O)C(C)(C)C3=O)c2)n2ncnc(N)c12. The van der Waals surface area contributed by atoms with Crippen LogP contribution in [0.1, 0.15) is 25.0 Å².